The van der Waals surface area contributed by atoms with Crippen molar-refractivity contribution in [1.29, 1.82) is 0 Å². The molecular formula is C22H22BrN4O5S+. The summed E-state index contributed by atoms with van der Waals surface area (Å²) < 4.78 is 13.5. The van der Waals surface area contributed by atoms with Crippen molar-refractivity contribution in [1.82, 2.24) is 10.1 Å². The van der Waals surface area contributed by atoms with E-state index in [1.54, 1.807) is 22.9 Å². The molecule has 0 fully saturated rings. The summed E-state index contributed by atoms with van der Waals surface area (Å²) in [5, 5.41) is 17.8. The molecule has 1 aliphatic rings. The minimum atomic E-state index is -1.11. The van der Waals surface area contributed by atoms with Crippen molar-refractivity contribution in [3.05, 3.63) is 56.8 Å². The Hall–Kier alpha value is -3.05. The highest BCUT2D eigenvalue weighted by Gasteiger charge is 2.40. The number of aliphatic carboxylic acids is 1. The molecule has 1 aromatic heterocycles. The van der Waals surface area contributed by atoms with Gasteiger partial charge >= 0.3 is 17.2 Å². The molecule has 0 spiro atoms. The first-order valence-corrected chi connectivity index (χ1v) is 12.0. The van der Waals surface area contributed by atoms with E-state index in [0.29, 0.717) is 27.7 Å². The maximum absolute atomic E-state index is 13.2. The van der Waals surface area contributed by atoms with Crippen LogP contribution in [0.15, 0.2) is 50.8 Å². The highest BCUT2D eigenvalue weighted by Crippen LogP contribution is 2.39. The molecule has 1 aliphatic heterocycles. The zero-order valence-electron chi connectivity index (χ0n) is 17.9. The molecule has 0 radical (unpaired) electrons. The number of thioether (sulfide) groups is 1. The molecule has 0 saturated heterocycles. The molecule has 3 aromatic rings. The van der Waals surface area contributed by atoms with Crippen LogP contribution in [0.25, 0.3) is 11.3 Å². The summed E-state index contributed by atoms with van der Waals surface area (Å²) in [7, 11) is 1.48. The van der Waals surface area contributed by atoms with Crippen molar-refractivity contribution in [3.8, 4) is 22.8 Å². The summed E-state index contributed by atoms with van der Waals surface area (Å²) in [5.41, 5.74) is 2.11. The number of para-hydroxylation sites is 1. The minimum absolute atomic E-state index is 0.267. The minimum Gasteiger partial charge on any atom is -0.493 e. The molecule has 0 saturated carbocycles. The number of benzene rings is 2. The zero-order valence-corrected chi connectivity index (χ0v) is 20.3. The summed E-state index contributed by atoms with van der Waals surface area (Å²) in [6, 6.07) is 10.9. The number of anilines is 1. The first kappa shape index (κ1) is 23.1. The summed E-state index contributed by atoms with van der Waals surface area (Å²) in [5.74, 6) is 0.335. The molecule has 4 rings (SSSR count). The van der Waals surface area contributed by atoms with Gasteiger partial charge in [0.2, 0.25) is 5.16 Å². The van der Waals surface area contributed by atoms with Gasteiger partial charge < -0.3 is 19.9 Å². The summed E-state index contributed by atoms with van der Waals surface area (Å²) >= 11 is 4.93. The van der Waals surface area contributed by atoms with Crippen LogP contribution in [0, 0.1) is 0 Å². The molecule has 11 heteroatoms. The second-order valence-corrected chi connectivity index (χ2v) is 9.20. The van der Waals surface area contributed by atoms with Crippen LogP contribution < -0.4 is 25.0 Å². The van der Waals surface area contributed by atoms with E-state index in [2.05, 4.69) is 33.2 Å². The number of hydrogen-bond donors (Lipinski definition) is 3. The van der Waals surface area contributed by atoms with Crippen LogP contribution in [0.3, 0.4) is 0 Å². The molecule has 9 nitrogen and oxygen atoms in total. The molecule has 0 unspecified atom stereocenters. The van der Waals surface area contributed by atoms with E-state index in [4.69, 9.17) is 19.7 Å². The Kier molecular flexibility index (Phi) is 6.89. The smallest absolute Gasteiger partial charge is 0.341 e. The maximum atomic E-state index is 13.2. The lowest BCUT2D eigenvalue weighted by molar-refractivity contribution is -0.759. The molecule has 1 atom stereocenters. The SMILES string of the molecule is CCCSc1n[n+]2c(c(=O)[nH]1)-c1cc(Br)ccc1N[C@H]2c1cccc(OC)c1OCC(=O)O. The van der Waals surface area contributed by atoms with E-state index >= 15 is 0 Å². The van der Waals surface area contributed by atoms with Gasteiger partial charge in [0.1, 0.15) is 0 Å². The van der Waals surface area contributed by atoms with Crippen molar-refractivity contribution in [2.45, 2.75) is 24.7 Å². The Bertz CT molecular complexity index is 1270. The molecule has 0 amide bonds. The number of nitrogens with zero attached hydrogens (tertiary/aromatic N) is 2. The number of carboxylic acid groups (broad SMARTS) is 1. The molecule has 0 bridgehead atoms. The summed E-state index contributed by atoms with van der Waals surface area (Å²) in [4.78, 5) is 27.3. The van der Waals surface area contributed by atoms with Gasteiger partial charge in [-0.3, -0.25) is 9.78 Å². The molecule has 2 heterocycles. The Morgan fingerprint density at radius 2 is 2.15 bits per heavy atom. The van der Waals surface area contributed by atoms with E-state index in [-0.39, 0.29) is 11.3 Å². The third kappa shape index (κ3) is 4.69. The lowest BCUT2D eigenvalue weighted by atomic mass is 10.0. The number of halogens is 1. The van der Waals surface area contributed by atoms with E-state index in [9.17, 15) is 9.59 Å². The van der Waals surface area contributed by atoms with Gasteiger partial charge in [-0.25, -0.2) is 4.79 Å². The molecule has 2 aromatic carbocycles. The van der Waals surface area contributed by atoms with Gasteiger partial charge in [0.25, 0.3) is 6.17 Å². The number of carbonyl (C=O) groups is 1. The predicted octanol–water partition coefficient (Wildman–Crippen LogP) is 3.43. The summed E-state index contributed by atoms with van der Waals surface area (Å²) in [6.45, 7) is 1.51. The predicted molar refractivity (Wildman–Crippen MR) is 127 cm³/mol. The molecule has 172 valence electrons. The number of aromatic amines is 1. The van der Waals surface area contributed by atoms with E-state index < -0.39 is 18.7 Å². The van der Waals surface area contributed by atoms with Gasteiger partial charge in [-0.05, 0) is 41.4 Å². The fraction of sp³-hybridized carbons (Fsp3) is 0.273. The van der Waals surface area contributed by atoms with Crippen molar-refractivity contribution < 1.29 is 24.1 Å². The normalized spacial score (nSPS) is 14.1. The van der Waals surface area contributed by atoms with Crippen LogP contribution in [0.5, 0.6) is 11.5 Å². The molecular weight excluding hydrogens is 512 g/mol. The second kappa shape index (κ2) is 9.84. The zero-order chi connectivity index (χ0) is 23.5. The lowest BCUT2D eigenvalue weighted by Crippen LogP contribution is -2.55. The topological polar surface area (TPSA) is 117 Å². The largest absolute Gasteiger partial charge is 0.493 e. The first-order chi connectivity index (χ1) is 15.9. The van der Waals surface area contributed by atoms with Crippen LogP contribution in [-0.2, 0) is 4.79 Å². The Balaban J connectivity index is 1.93. The number of carboxylic acids is 1. The molecule has 3 N–H and O–H groups in total. The van der Waals surface area contributed by atoms with E-state index in [1.165, 1.54) is 18.9 Å². The van der Waals surface area contributed by atoms with Gasteiger partial charge in [-0.2, -0.15) is 0 Å². The quantitative estimate of drug-likeness (QED) is 0.297. The highest BCUT2D eigenvalue weighted by molar-refractivity contribution is 9.10. The van der Waals surface area contributed by atoms with Crippen LogP contribution >= 0.6 is 27.7 Å². The van der Waals surface area contributed by atoms with Crippen LogP contribution in [0.4, 0.5) is 5.69 Å². The molecule has 0 aliphatic carbocycles. The van der Waals surface area contributed by atoms with Gasteiger partial charge in [0, 0.05) is 15.3 Å². The number of H-pyrrole nitrogens is 1. The van der Waals surface area contributed by atoms with Crippen LogP contribution in [0.1, 0.15) is 25.1 Å². The van der Waals surface area contributed by atoms with Gasteiger partial charge in [-0.15, -0.1) is 0 Å². The number of methoxy groups -OCH3 is 1. The maximum Gasteiger partial charge on any atom is 0.341 e. The van der Waals surface area contributed by atoms with Crippen molar-refractivity contribution in [2.75, 3.05) is 24.8 Å². The fourth-order valence-electron chi connectivity index (χ4n) is 3.58. The van der Waals surface area contributed by atoms with E-state index in [0.717, 1.165) is 22.3 Å². The van der Waals surface area contributed by atoms with Gasteiger partial charge in [-0.1, -0.05) is 40.7 Å². The average molecular weight is 534 g/mol. The third-order valence-electron chi connectivity index (χ3n) is 4.94. The first-order valence-electron chi connectivity index (χ1n) is 10.2. The van der Waals surface area contributed by atoms with E-state index in [1.807, 2.05) is 18.2 Å². The fourth-order valence-corrected chi connectivity index (χ4v) is 4.65. The van der Waals surface area contributed by atoms with Crippen molar-refractivity contribution in [3.63, 3.8) is 0 Å². The Morgan fingerprint density at radius 3 is 2.88 bits per heavy atom. The van der Waals surface area contributed by atoms with Crippen LogP contribution in [0.2, 0.25) is 0 Å². The number of rotatable bonds is 8. The van der Waals surface area contributed by atoms with Crippen molar-refractivity contribution >= 4 is 39.3 Å². The number of ether oxygens (including phenoxy) is 2. The Labute approximate surface area is 202 Å². The molecule has 33 heavy (non-hydrogen) atoms. The average Bonchev–Trinajstić information content (AvgIpc) is 2.80. The number of aromatic nitrogens is 3. The standard InChI is InChI=1S/C22H21BrN4O5S/c1-3-9-33-22-25-21(30)18-14-10-12(23)7-8-15(14)24-20(27(18)26-22)13-5-4-6-16(31-2)19(13)32-11-17(28)29/h4-8,10,20H,3,9,11H2,1-2H3,(H2,25,26,28,29,30)/p+1/t20-/m1/s1. The highest BCUT2D eigenvalue weighted by atomic mass is 79.9. The lowest BCUT2D eigenvalue weighted by Gasteiger charge is -2.24. The Morgan fingerprint density at radius 1 is 1.33 bits per heavy atom. The number of nitrogens with one attached hydrogen (secondary N) is 2. The number of hydrogen-bond acceptors (Lipinski definition) is 7. The number of fused-ring (bicyclic) bond motifs is 3. The van der Waals surface area contributed by atoms with Gasteiger partial charge in [0.05, 0.1) is 23.9 Å². The van der Waals surface area contributed by atoms with Crippen LogP contribution in [-0.4, -0.2) is 40.6 Å². The van der Waals surface area contributed by atoms with Crippen molar-refractivity contribution in [2.24, 2.45) is 0 Å². The summed E-state index contributed by atoms with van der Waals surface area (Å²) in [6.07, 6.45) is 0.284. The monoisotopic (exact) mass is 533 g/mol. The third-order valence-corrected chi connectivity index (χ3v) is 6.51. The van der Waals surface area contributed by atoms with Gasteiger partial charge in [0.15, 0.2) is 18.1 Å². The second-order valence-electron chi connectivity index (χ2n) is 7.20.